The van der Waals surface area contributed by atoms with Gasteiger partial charge in [-0.15, -0.1) is 13.2 Å². The summed E-state index contributed by atoms with van der Waals surface area (Å²) in [7, 11) is -1.70. The standard InChI is InChI=1S/C12H12F3S.BrO4/c1-2-5-10-8-9-6-3-4-7-11(9)16(10)12(13,14)15;2-1(3,4)5/h3-4,6-8H,2,5H2,1H3;/q+1;-1. The number of alkyl halides is 3. The Labute approximate surface area is 125 Å². The molecule has 0 amide bonds. The van der Waals surface area contributed by atoms with E-state index in [1.54, 1.807) is 30.3 Å². The van der Waals surface area contributed by atoms with Crippen molar-refractivity contribution in [3.05, 3.63) is 35.2 Å². The molecule has 0 aliphatic rings. The SMILES string of the molecule is CCCc1cc2ccccc2[s+]1C(F)(F)F.[O-][Br+3]([O-])([O-])[O-]. The molecule has 4 nitrogen and oxygen atoms in total. The molecule has 0 aliphatic heterocycles. The van der Waals surface area contributed by atoms with E-state index >= 15 is 0 Å². The van der Waals surface area contributed by atoms with Crippen LogP contribution in [0.25, 0.3) is 10.1 Å². The van der Waals surface area contributed by atoms with Crippen molar-refractivity contribution in [2.75, 3.05) is 0 Å². The fraction of sp³-hybridized carbons (Fsp3) is 0.333. The predicted molar refractivity (Wildman–Crippen MR) is 61.7 cm³/mol. The molecule has 0 fully saturated rings. The molecule has 1 unspecified atom stereocenters. The average molecular weight is 389 g/mol. The lowest BCUT2D eigenvalue weighted by Gasteiger charge is -2.11. The van der Waals surface area contributed by atoms with Gasteiger partial charge in [-0.1, -0.05) is 19.1 Å². The van der Waals surface area contributed by atoms with Gasteiger partial charge in [0.05, 0.1) is 24.6 Å². The zero-order chi connectivity index (χ0) is 16.3. The van der Waals surface area contributed by atoms with Crippen molar-refractivity contribution in [3.8, 4) is 0 Å². The van der Waals surface area contributed by atoms with E-state index in [2.05, 4.69) is 0 Å². The van der Waals surface area contributed by atoms with Crippen molar-refractivity contribution in [1.82, 2.24) is 0 Å². The first-order valence-electron chi connectivity index (χ1n) is 5.76. The van der Waals surface area contributed by atoms with Gasteiger partial charge in [0.15, 0.2) is 9.58 Å². The third-order valence-electron chi connectivity index (χ3n) is 2.45. The van der Waals surface area contributed by atoms with E-state index in [-0.39, 0.29) is 0 Å². The number of fused-ring (bicyclic) bond motifs is 1. The Bertz CT molecular complexity index is 586. The van der Waals surface area contributed by atoms with E-state index < -0.39 is 30.1 Å². The molecule has 1 heterocycles. The molecule has 0 saturated heterocycles. The van der Waals surface area contributed by atoms with E-state index in [1.165, 1.54) is 0 Å². The lowest BCUT2D eigenvalue weighted by Crippen LogP contribution is -2.68. The third kappa shape index (κ3) is 5.89. The predicted octanol–water partition coefficient (Wildman–Crippen LogP) is 0.262. The second-order valence-corrected chi connectivity index (χ2v) is 7.65. The molecule has 0 saturated carbocycles. The molecule has 9 heteroatoms. The maximum absolute atomic E-state index is 13.0. The zero-order valence-corrected chi connectivity index (χ0v) is 13.3. The third-order valence-corrected chi connectivity index (χ3v) is 4.57. The van der Waals surface area contributed by atoms with Crippen molar-refractivity contribution in [3.63, 3.8) is 0 Å². The number of aryl methyl sites for hydroxylation is 1. The van der Waals surface area contributed by atoms with Crippen LogP contribution in [0.15, 0.2) is 30.3 Å². The molecule has 0 bridgehead atoms. The fourth-order valence-electron chi connectivity index (χ4n) is 1.85. The highest BCUT2D eigenvalue weighted by Gasteiger charge is 2.47. The molecule has 2 aromatic rings. The normalized spacial score (nSPS) is 13.0. The molecule has 1 aromatic carbocycles. The highest BCUT2D eigenvalue weighted by atomic mass is 80.0. The summed E-state index contributed by atoms with van der Waals surface area (Å²) in [6, 6.07) is 8.50. The van der Waals surface area contributed by atoms with Crippen LogP contribution >= 0.6 is 10.5 Å². The van der Waals surface area contributed by atoms with Gasteiger partial charge in [-0.3, -0.25) is 16.8 Å². The highest BCUT2D eigenvalue weighted by Crippen LogP contribution is 2.50. The van der Waals surface area contributed by atoms with E-state index in [1.807, 2.05) is 6.92 Å². The molecule has 1 aromatic heterocycles. The van der Waals surface area contributed by atoms with Crippen molar-refractivity contribution < 1.29 is 44.1 Å². The first-order valence-corrected chi connectivity index (χ1v) is 9.58. The van der Waals surface area contributed by atoms with Gasteiger partial charge in [-0.2, -0.15) is 0 Å². The largest absolute Gasteiger partial charge is 0.600 e. The molecule has 2 rings (SSSR count). The molecular formula is C12H12BrF3O4S. The molecule has 0 spiro atoms. The van der Waals surface area contributed by atoms with Crippen LogP contribution in [0.5, 0.6) is 0 Å². The van der Waals surface area contributed by atoms with E-state index in [4.69, 9.17) is 16.8 Å². The minimum atomic E-state index is -5.62. The second kappa shape index (κ2) is 7.03. The molecular weight excluding hydrogens is 377 g/mol. The van der Waals surface area contributed by atoms with Crippen molar-refractivity contribution in [1.29, 1.82) is 0 Å². The van der Waals surface area contributed by atoms with Gasteiger partial charge in [-0.05, 0) is 18.6 Å². The smallest absolute Gasteiger partial charge is 0.264 e. The van der Waals surface area contributed by atoms with Crippen LogP contribution in [-0.2, 0) is 11.9 Å². The fourth-order valence-corrected chi connectivity index (χ4v) is 3.91. The molecule has 0 aliphatic carbocycles. The quantitative estimate of drug-likeness (QED) is 0.689. The summed E-state index contributed by atoms with van der Waals surface area (Å²) in [5, 5.41) is 0.728. The minimum absolute atomic E-state index is 0.429. The molecule has 0 N–H and O–H groups in total. The minimum Gasteiger partial charge on any atom is -0.264 e. The summed E-state index contributed by atoms with van der Waals surface area (Å²) in [4.78, 5) is 0.524. The van der Waals surface area contributed by atoms with E-state index in [0.29, 0.717) is 16.0 Å². The Morgan fingerprint density at radius 2 is 1.62 bits per heavy atom. The van der Waals surface area contributed by atoms with Gasteiger partial charge in [-0.25, -0.2) is 0 Å². The first kappa shape index (κ1) is 18.3. The number of hydrogen-bond donors (Lipinski definition) is 0. The van der Waals surface area contributed by atoms with Crippen LogP contribution in [0.4, 0.5) is 13.2 Å². The Morgan fingerprint density at radius 1 is 1.10 bits per heavy atom. The first-order chi connectivity index (χ1) is 9.54. The zero-order valence-electron chi connectivity index (χ0n) is 10.9. The maximum Gasteiger partial charge on any atom is 0.600 e. The lowest BCUT2D eigenvalue weighted by molar-refractivity contribution is -2.00. The second-order valence-electron chi connectivity index (χ2n) is 4.03. The van der Waals surface area contributed by atoms with Gasteiger partial charge in [0.25, 0.3) is 0 Å². The highest BCUT2D eigenvalue weighted by molar-refractivity contribution is 7.38. The monoisotopic (exact) mass is 388 g/mol. The Morgan fingerprint density at radius 3 is 2.10 bits per heavy atom. The topological polar surface area (TPSA) is 92.2 Å². The van der Waals surface area contributed by atoms with Crippen molar-refractivity contribution >= 4 is 20.6 Å². The van der Waals surface area contributed by atoms with Gasteiger partial charge >= 0.3 is 5.51 Å². The summed E-state index contributed by atoms with van der Waals surface area (Å²) in [6.45, 7) is 1.90. The van der Waals surface area contributed by atoms with Crippen molar-refractivity contribution in [2.24, 2.45) is 0 Å². The van der Waals surface area contributed by atoms with Crippen LogP contribution in [-0.4, -0.2) is 0 Å². The van der Waals surface area contributed by atoms with Crippen LogP contribution in [0.2, 0.25) is 0 Å². The Kier molecular flexibility index (Phi) is 6.14. The molecule has 0 radical (unpaired) electrons. The number of thiophene rings is 1. The number of rotatable bonds is 2. The van der Waals surface area contributed by atoms with Crippen LogP contribution in [0.1, 0.15) is 18.2 Å². The van der Waals surface area contributed by atoms with E-state index in [9.17, 15) is 13.2 Å². The van der Waals surface area contributed by atoms with Gasteiger partial charge in [0.2, 0.25) is 0 Å². The number of benzene rings is 1. The summed E-state index contributed by atoms with van der Waals surface area (Å²) in [6.07, 6.45) is 1.27. The Hall–Kier alpha value is -0.710. The lowest BCUT2D eigenvalue weighted by atomic mass is 10.2. The summed E-state index contributed by atoms with van der Waals surface area (Å²) < 4.78 is 73.7. The Balaban J connectivity index is 0.000000383. The maximum atomic E-state index is 13.0. The number of hydrogen-bond acceptors (Lipinski definition) is 4. The van der Waals surface area contributed by atoms with Crippen LogP contribution in [0, 0.1) is 14.1 Å². The van der Waals surface area contributed by atoms with Gasteiger partial charge in [0.1, 0.15) is 0 Å². The summed E-state index contributed by atoms with van der Waals surface area (Å²) in [5.74, 6) is 0. The average Bonchev–Trinajstić information content (AvgIpc) is 2.64. The molecule has 1 atom stereocenters. The van der Waals surface area contributed by atoms with Gasteiger partial charge in [0, 0.05) is 17.9 Å². The molecule has 118 valence electrons. The van der Waals surface area contributed by atoms with Gasteiger partial charge < -0.3 is 0 Å². The van der Waals surface area contributed by atoms with Crippen LogP contribution < -0.4 is 16.8 Å². The molecule has 21 heavy (non-hydrogen) atoms. The van der Waals surface area contributed by atoms with E-state index in [0.717, 1.165) is 11.8 Å². The number of halogens is 4. The summed E-state index contributed by atoms with van der Waals surface area (Å²) >= 11 is -5.62. The van der Waals surface area contributed by atoms with Crippen LogP contribution in [0.3, 0.4) is 0 Å². The summed E-state index contributed by atoms with van der Waals surface area (Å²) in [5.41, 5.74) is -4.15. The van der Waals surface area contributed by atoms with Crippen molar-refractivity contribution in [2.45, 2.75) is 25.3 Å².